The SMILES string of the molecule is NCc1ccc(CNc2cc3n[nH]c(=O)n3cn2)c(F)c1. The van der Waals surface area contributed by atoms with Gasteiger partial charge in [-0.2, -0.15) is 5.10 Å². The average molecular weight is 288 g/mol. The van der Waals surface area contributed by atoms with Crippen LogP contribution in [-0.4, -0.2) is 19.6 Å². The normalized spacial score (nSPS) is 11.0. The van der Waals surface area contributed by atoms with E-state index < -0.39 is 0 Å². The highest BCUT2D eigenvalue weighted by Gasteiger charge is 2.05. The first-order chi connectivity index (χ1) is 10.2. The number of anilines is 1. The van der Waals surface area contributed by atoms with Gasteiger partial charge in [0.05, 0.1) is 0 Å². The number of halogens is 1. The zero-order valence-electron chi connectivity index (χ0n) is 11.0. The van der Waals surface area contributed by atoms with Crippen molar-refractivity contribution in [3.8, 4) is 0 Å². The van der Waals surface area contributed by atoms with Gasteiger partial charge in [-0.3, -0.25) is 0 Å². The number of H-pyrrole nitrogens is 1. The van der Waals surface area contributed by atoms with Crippen LogP contribution in [0.4, 0.5) is 10.2 Å². The molecule has 0 saturated heterocycles. The highest BCUT2D eigenvalue weighted by molar-refractivity contribution is 5.48. The molecule has 0 atom stereocenters. The fourth-order valence-corrected chi connectivity index (χ4v) is 1.95. The summed E-state index contributed by atoms with van der Waals surface area (Å²) in [6.45, 7) is 0.575. The number of rotatable bonds is 4. The topological polar surface area (TPSA) is 101 Å². The number of nitrogens with two attached hydrogens (primary N) is 1. The van der Waals surface area contributed by atoms with Gasteiger partial charge in [0.25, 0.3) is 0 Å². The Hall–Kier alpha value is -2.74. The molecular formula is C13H13FN6O. The molecule has 7 nitrogen and oxygen atoms in total. The zero-order chi connectivity index (χ0) is 14.8. The third kappa shape index (κ3) is 2.61. The maximum atomic E-state index is 13.8. The van der Waals surface area contributed by atoms with Crippen molar-refractivity contribution in [3.63, 3.8) is 0 Å². The molecule has 2 heterocycles. The first kappa shape index (κ1) is 13.3. The van der Waals surface area contributed by atoms with Gasteiger partial charge in [0.1, 0.15) is 18.0 Å². The lowest BCUT2D eigenvalue weighted by molar-refractivity contribution is 0.610. The van der Waals surface area contributed by atoms with Crippen molar-refractivity contribution in [2.24, 2.45) is 5.73 Å². The van der Waals surface area contributed by atoms with Gasteiger partial charge in [-0.1, -0.05) is 12.1 Å². The van der Waals surface area contributed by atoms with E-state index >= 15 is 0 Å². The van der Waals surface area contributed by atoms with E-state index in [1.54, 1.807) is 18.2 Å². The van der Waals surface area contributed by atoms with E-state index in [0.717, 1.165) is 5.56 Å². The molecule has 4 N–H and O–H groups in total. The van der Waals surface area contributed by atoms with Crippen molar-refractivity contribution in [2.45, 2.75) is 13.1 Å². The van der Waals surface area contributed by atoms with Gasteiger partial charge in [0.2, 0.25) is 0 Å². The zero-order valence-corrected chi connectivity index (χ0v) is 11.0. The van der Waals surface area contributed by atoms with Gasteiger partial charge in [-0.25, -0.2) is 23.7 Å². The Balaban J connectivity index is 1.78. The summed E-state index contributed by atoms with van der Waals surface area (Å²) >= 11 is 0. The number of aromatic nitrogens is 4. The van der Waals surface area contributed by atoms with Crippen LogP contribution in [0.15, 0.2) is 35.4 Å². The van der Waals surface area contributed by atoms with E-state index in [2.05, 4.69) is 20.5 Å². The lowest BCUT2D eigenvalue weighted by Gasteiger charge is -2.07. The lowest BCUT2D eigenvalue weighted by Crippen LogP contribution is -2.10. The molecule has 0 radical (unpaired) electrons. The molecule has 0 fully saturated rings. The van der Waals surface area contributed by atoms with Gasteiger partial charge in [0, 0.05) is 24.7 Å². The first-order valence-corrected chi connectivity index (χ1v) is 6.31. The second kappa shape index (κ2) is 5.33. The Labute approximate surface area is 118 Å². The number of nitrogens with one attached hydrogen (secondary N) is 2. The quantitative estimate of drug-likeness (QED) is 0.653. The van der Waals surface area contributed by atoms with Crippen LogP contribution in [0.5, 0.6) is 0 Å². The summed E-state index contributed by atoms with van der Waals surface area (Å²) in [5.74, 6) is 0.186. The summed E-state index contributed by atoms with van der Waals surface area (Å²) in [6.07, 6.45) is 1.36. The number of hydrogen-bond acceptors (Lipinski definition) is 5. The maximum absolute atomic E-state index is 13.8. The fourth-order valence-electron chi connectivity index (χ4n) is 1.95. The van der Waals surface area contributed by atoms with E-state index in [9.17, 15) is 9.18 Å². The highest BCUT2D eigenvalue weighted by atomic mass is 19.1. The Morgan fingerprint density at radius 2 is 2.24 bits per heavy atom. The van der Waals surface area contributed by atoms with E-state index in [4.69, 9.17) is 5.73 Å². The monoisotopic (exact) mass is 288 g/mol. The van der Waals surface area contributed by atoms with E-state index in [1.165, 1.54) is 16.8 Å². The van der Waals surface area contributed by atoms with Crippen molar-refractivity contribution in [1.29, 1.82) is 0 Å². The van der Waals surface area contributed by atoms with E-state index in [0.29, 0.717) is 23.6 Å². The predicted octanol–water partition coefficient (Wildman–Crippen LogP) is 0.627. The summed E-state index contributed by atoms with van der Waals surface area (Å²) in [5.41, 5.74) is 6.80. The van der Waals surface area contributed by atoms with Crippen LogP contribution in [0.2, 0.25) is 0 Å². The first-order valence-electron chi connectivity index (χ1n) is 6.31. The Morgan fingerprint density at radius 3 is 3.00 bits per heavy atom. The fraction of sp³-hybridized carbons (Fsp3) is 0.154. The molecule has 0 unspecified atom stereocenters. The minimum Gasteiger partial charge on any atom is -0.366 e. The number of hydrogen-bond donors (Lipinski definition) is 3. The summed E-state index contributed by atoms with van der Waals surface area (Å²) in [5, 5.41) is 9.14. The number of fused-ring (bicyclic) bond motifs is 1. The minimum absolute atomic E-state index is 0.272. The number of aromatic amines is 1. The lowest BCUT2D eigenvalue weighted by atomic mass is 10.1. The van der Waals surface area contributed by atoms with Crippen LogP contribution in [0.1, 0.15) is 11.1 Å². The molecular weight excluding hydrogens is 275 g/mol. The third-order valence-electron chi connectivity index (χ3n) is 3.12. The van der Waals surface area contributed by atoms with Crippen LogP contribution in [0, 0.1) is 5.82 Å². The number of benzene rings is 1. The molecule has 8 heteroatoms. The molecule has 0 aliphatic rings. The predicted molar refractivity (Wildman–Crippen MR) is 75.2 cm³/mol. The minimum atomic E-state index is -0.354. The molecule has 2 aromatic heterocycles. The van der Waals surface area contributed by atoms with Crippen LogP contribution in [0.3, 0.4) is 0 Å². The number of nitrogens with zero attached hydrogens (tertiary/aromatic N) is 3. The largest absolute Gasteiger partial charge is 0.366 e. The van der Waals surface area contributed by atoms with Gasteiger partial charge < -0.3 is 11.1 Å². The molecule has 1 aromatic carbocycles. The van der Waals surface area contributed by atoms with E-state index in [1.807, 2.05) is 0 Å². The molecule has 0 spiro atoms. The van der Waals surface area contributed by atoms with Crippen molar-refractivity contribution in [2.75, 3.05) is 5.32 Å². The standard InChI is InChI=1S/C13H13FN6O/c14-10-3-8(5-15)1-2-9(10)6-16-11-4-12-18-19-13(21)20(12)7-17-11/h1-4,7,16H,5-6,15H2,(H,19,21). The van der Waals surface area contributed by atoms with Gasteiger partial charge in [-0.15, -0.1) is 0 Å². The average Bonchev–Trinajstić information content (AvgIpc) is 2.87. The van der Waals surface area contributed by atoms with E-state index in [-0.39, 0.29) is 18.1 Å². The van der Waals surface area contributed by atoms with Crippen molar-refractivity contribution in [3.05, 3.63) is 58.0 Å². The third-order valence-corrected chi connectivity index (χ3v) is 3.12. The molecule has 0 bridgehead atoms. The summed E-state index contributed by atoms with van der Waals surface area (Å²) in [7, 11) is 0. The van der Waals surface area contributed by atoms with Crippen LogP contribution in [0.25, 0.3) is 5.65 Å². The maximum Gasteiger partial charge on any atom is 0.348 e. The highest BCUT2D eigenvalue weighted by Crippen LogP contribution is 2.12. The second-order valence-corrected chi connectivity index (χ2v) is 4.51. The molecule has 0 aliphatic carbocycles. The molecule has 0 saturated carbocycles. The molecule has 21 heavy (non-hydrogen) atoms. The summed E-state index contributed by atoms with van der Waals surface area (Å²) in [4.78, 5) is 15.4. The van der Waals surface area contributed by atoms with Crippen molar-refractivity contribution < 1.29 is 4.39 Å². The Kier molecular flexibility index (Phi) is 3.36. The molecule has 0 aliphatic heterocycles. The summed E-state index contributed by atoms with van der Waals surface area (Å²) in [6, 6.07) is 6.48. The van der Waals surface area contributed by atoms with Crippen molar-refractivity contribution >= 4 is 11.5 Å². The van der Waals surface area contributed by atoms with Gasteiger partial charge in [0.15, 0.2) is 5.65 Å². The van der Waals surface area contributed by atoms with Crippen molar-refractivity contribution in [1.82, 2.24) is 19.6 Å². The summed E-state index contributed by atoms with van der Waals surface area (Å²) < 4.78 is 15.1. The van der Waals surface area contributed by atoms with Gasteiger partial charge in [-0.05, 0) is 11.6 Å². The van der Waals surface area contributed by atoms with Crippen LogP contribution < -0.4 is 16.7 Å². The van der Waals surface area contributed by atoms with Crippen LogP contribution >= 0.6 is 0 Å². The second-order valence-electron chi connectivity index (χ2n) is 4.51. The molecule has 3 rings (SSSR count). The molecule has 3 aromatic rings. The van der Waals surface area contributed by atoms with Gasteiger partial charge >= 0.3 is 5.69 Å². The Bertz CT molecular complexity index is 840. The van der Waals surface area contributed by atoms with Crippen LogP contribution in [-0.2, 0) is 13.1 Å². The Morgan fingerprint density at radius 1 is 1.38 bits per heavy atom. The molecule has 0 amide bonds. The molecule has 108 valence electrons. The smallest absolute Gasteiger partial charge is 0.348 e.